The van der Waals surface area contributed by atoms with E-state index in [2.05, 4.69) is 9.64 Å². The Morgan fingerprint density at radius 1 is 1.35 bits per heavy atom. The van der Waals surface area contributed by atoms with Crippen LogP contribution in [0.15, 0.2) is 18.2 Å². The van der Waals surface area contributed by atoms with Gasteiger partial charge in [-0.1, -0.05) is 12.1 Å². The van der Waals surface area contributed by atoms with Crippen molar-refractivity contribution in [3.05, 3.63) is 23.8 Å². The van der Waals surface area contributed by atoms with Crippen LogP contribution in [0.1, 0.15) is 12.5 Å². The molecule has 0 radical (unpaired) electrons. The normalized spacial score (nSPS) is 20.7. The Morgan fingerprint density at radius 2 is 2.17 bits per heavy atom. The monoisotopic (exact) mass is 320 g/mol. The first-order chi connectivity index (χ1) is 11.1. The lowest BCUT2D eigenvalue weighted by Crippen LogP contribution is -2.56. The summed E-state index contributed by atoms with van der Waals surface area (Å²) in [7, 11) is 1.32. The van der Waals surface area contributed by atoms with Gasteiger partial charge in [-0.2, -0.15) is 0 Å². The van der Waals surface area contributed by atoms with Crippen molar-refractivity contribution in [2.45, 2.75) is 19.5 Å². The van der Waals surface area contributed by atoms with Gasteiger partial charge in [-0.15, -0.1) is 0 Å². The fraction of sp³-hybridized carbons (Fsp3) is 0.500. The average molecular weight is 320 g/mol. The maximum Gasteiger partial charge on any atom is 0.325 e. The van der Waals surface area contributed by atoms with E-state index in [1.54, 1.807) is 4.90 Å². The third kappa shape index (κ3) is 3.10. The molecular formula is C16H20N2O5. The Bertz CT molecular complexity index is 618. The predicted octanol–water partition coefficient (Wildman–Crippen LogP) is 0.621. The van der Waals surface area contributed by atoms with Gasteiger partial charge in [-0.25, -0.2) is 0 Å². The minimum atomic E-state index is -0.398. The zero-order valence-electron chi connectivity index (χ0n) is 13.3. The molecule has 1 amide bonds. The van der Waals surface area contributed by atoms with Crippen molar-refractivity contribution in [2.24, 2.45) is 0 Å². The summed E-state index contributed by atoms with van der Waals surface area (Å²) in [6, 6.07) is 5.47. The lowest BCUT2D eigenvalue weighted by molar-refractivity contribution is -0.151. The summed E-state index contributed by atoms with van der Waals surface area (Å²) >= 11 is 0. The van der Waals surface area contributed by atoms with E-state index in [1.165, 1.54) is 7.11 Å². The smallest absolute Gasteiger partial charge is 0.325 e. The van der Waals surface area contributed by atoms with Crippen molar-refractivity contribution in [2.75, 3.05) is 33.5 Å². The highest BCUT2D eigenvalue weighted by molar-refractivity contribution is 5.86. The van der Waals surface area contributed by atoms with Crippen molar-refractivity contribution in [3.63, 3.8) is 0 Å². The van der Waals surface area contributed by atoms with Gasteiger partial charge < -0.3 is 19.1 Å². The maximum absolute atomic E-state index is 12.4. The molecular weight excluding hydrogens is 300 g/mol. The van der Waals surface area contributed by atoms with Crippen LogP contribution >= 0.6 is 0 Å². The summed E-state index contributed by atoms with van der Waals surface area (Å²) < 4.78 is 15.5. The highest BCUT2D eigenvalue weighted by Crippen LogP contribution is 2.36. The van der Waals surface area contributed by atoms with E-state index in [0.717, 1.165) is 17.1 Å². The minimum absolute atomic E-state index is 0.00516. The lowest BCUT2D eigenvalue weighted by atomic mass is 10.1. The number of hydrogen-bond acceptors (Lipinski definition) is 6. The van der Waals surface area contributed by atoms with Crippen LogP contribution in [0, 0.1) is 0 Å². The second-order valence-corrected chi connectivity index (χ2v) is 5.63. The molecule has 0 bridgehead atoms. The van der Waals surface area contributed by atoms with E-state index >= 15 is 0 Å². The van der Waals surface area contributed by atoms with Crippen LogP contribution in [-0.4, -0.2) is 61.3 Å². The van der Waals surface area contributed by atoms with Gasteiger partial charge in [0.25, 0.3) is 0 Å². The van der Waals surface area contributed by atoms with Crippen molar-refractivity contribution < 1.29 is 23.8 Å². The fourth-order valence-electron chi connectivity index (χ4n) is 2.90. The molecule has 23 heavy (non-hydrogen) atoms. The van der Waals surface area contributed by atoms with Crippen molar-refractivity contribution >= 4 is 11.9 Å². The molecule has 124 valence electrons. The van der Waals surface area contributed by atoms with Crippen LogP contribution in [0.25, 0.3) is 0 Å². The molecule has 1 aromatic rings. The summed E-state index contributed by atoms with van der Waals surface area (Å²) in [4.78, 5) is 27.4. The molecule has 1 aromatic carbocycles. The van der Waals surface area contributed by atoms with Crippen LogP contribution in [0.5, 0.6) is 11.5 Å². The molecule has 0 spiro atoms. The van der Waals surface area contributed by atoms with E-state index in [1.807, 2.05) is 25.1 Å². The van der Waals surface area contributed by atoms with Gasteiger partial charge >= 0.3 is 5.97 Å². The zero-order valence-corrected chi connectivity index (χ0v) is 13.3. The molecule has 0 aromatic heterocycles. The van der Waals surface area contributed by atoms with Gasteiger partial charge in [0.1, 0.15) is 6.54 Å². The number of fused-ring (bicyclic) bond motifs is 1. The minimum Gasteiger partial charge on any atom is -0.468 e. The summed E-state index contributed by atoms with van der Waals surface area (Å²) in [6.07, 6.45) is 0. The summed E-state index contributed by atoms with van der Waals surface area (Å²) in [5, 5.41) is 0. The largest absolute Gasteiger partial charge is 0.468 e. The number of piperazine rings is 1. The number of rotatable bonds is 4. The molecule has 0 aliphatic carbocycles. The molecule has 0 unspecified atom stereocenters. The third-order valence-electron chi connectivity index (χ3n) is 4.27. The fourth-order valence-corrected chi connectivity index (χ4v) is 2.90. The van der Waals surface area contributed by atoms with E-state index in [9.17, 15) is 9.59 Å². The SMILES string of the molecule is COC(=O)CN1CCN(Cc2cccc3c2OCO3)[C@@H](C)C1=O. The summed E-state index contributed by atoms with van der Waals surface area (Å²) in [5.41, 5.74) is 1.00. The van der Waals surface area contributed by atoms with Gasteiger partial charge in [0, 0.05) is 25.2 Å². The van der Waals surface area contributed by atoms with Crippen molar-refractivity contribution in [1.29, 1.82) is 0 Å². The molecule has 2 heterocycles. The Balaban J connectivity index is 1.68. The highest BCUT2D eigenvalue weighted by Gasteiger charge is 2.33. The van der Waals surface area contributed by atoms with Crippen LogP contribution < -0.4 is 9.47 Å². The summed E-state index contributed by atoms with van der Waals surface area (Å²) in [6.45, 7) is 3.88. The first kappa shape index (κ1) is 15.6. The number of hydrogen-bond donors (Lipinski definition) is 0. The van der Waals surface area contributed by atoms with Crippen LogP contribution in [0.4, 0.5) is 0 Å². The molecule has 1 saturated heterocycles. The standard InChI is InChI=1S/C16H20N2O5/c1-11-16(20)18(9-14(19)21-2)7-6-17(11)8-12-4-3-5-13-15(12)23-10-22-13/h3-5,11H,6-10H2,1-2H3/t11-/m0/s1. The number of carbonyl (C=O) groups is 2. The van der Waals surface area contributed by atoms with Gasteiger partial charge in [-0.3, -0.25) is 14.5 Å². The van der Waals surface area contributed by atoms with Crippen molar-refractivity contribution in [3.8, 4) is 11.5 Å². The van der Waals surface area contributed by atoms with Gasteiger partial charge in [0.15, 0.2) is 11.5 Å². The van der Waals surface area contributed by atoms with Crippen molar-refractivity contribution in [1.82, 2.24) is 9.80 Å². The van der Waals surface area contributed by atoms with E-state index in [-0.39, 0.29) is 25.3 Å². The van der Waals surface area contributed by atoms with Crippen LogP contribution in [-0.2, 0) is 20.9 Å². The highest BCUT2D eigenvalue weighted by atomic mass is 16.7. The van der Waals surface area contributed by atoms with E-state index in [4.69, 9.17) is 9.47 Å². The third-order valence-corrected chi connectivity index (χ3v) is 4.27. The number of para-hydroxylation sites is 1. The number of benzene rings is 1. The second-order valence-electron chi connectivity index (χ2n) is 5.63. The Kier molecular flexibility index (Phi) is 4.38. The molecule has 7 nitrogen and oxygen atoms in total. The van der Waals surface area contributed by atoms with Gasteiger partial charge in [0.05, 0.1) is 13.2 Å². The molecule has 0 saturated carbocycles. The Labute approximate surface area is 134 Å². The molecule has 2 aliphatic heterocycles. The van der Waals surface area contributed by atoms with Crippen LogP contribution in [0.2, 0.25) is 0 Å². The lowest BCUT2D eigenvalue weighted by Gasteiger charge is -2.38. The number of ether oxygens (including phenoxy) is 3. The number of methoxy groups -OCH3 is 1. The molecule has 2 aliphatic rings. The van der Waals surface area contributed by atoms with E-state index in [0.29, 0.717) is 19.6 Å². The predicted molar refractivity (Wildman–Crippen MR) is 81.0 cm³/mol. The Morgan fingerprint density at radius 3 is 2.96 bits per heavy atom. The van der Waals surface area contributed by atoms with Gasteiger partial charge in [-0.05, 0) is 13.0 Å². The maximum atomic E-state index is 12.4. The van der Waals surface area contributed by atoms with Gasteiger partial charge in [0.2, 0.25) is 12.7 Å². The number of nitrogens with zero attached hydrogens (tertiary/aromatic N) is 2. The number of carbonyl (C=O) groups excluding carboxylic acids is 2. The molecule has 7 heteroatoms. The molecule has 1 fully saturated rings. The average Bonchev–Trinajstić information content (AvgIpc) is 3.04. The molecule has 3 rings (SSSR count). The first-order valence-electron chi connectivity index (χ1n) is 7.57. The summed E-state index contributed by atoms with van der Waals surface area (Å²) in [5.74, 6) is 1.03. The number of amides is 1. The molecule has 1 atom stereocenters. The quantitative estimate of drug-likeness (QED) is 0.758. The van der Waals surface area contributed by atoms with Crippen LogP contribution in [0.3, 0.4) is 0 Å². The second kappa shape index (κ2) is 6.45. The number of esters is 1. The topological polar surface area (TPSA) is 68.3 Å². The Hall–Kier alpha value is -2.28. The van der Waals surface area contributed by atoms with E-state index < -0.39 is 5.97 Å². The first-order valence-corrected chi connectivity index (χ1v) is 7.57. The zero-order chi connectivity index (χ0) is 16.4. The molecule has 0 N–H and O–H groups in total.